The number of aliphatic hydroxyl groups is 9. The molecule has 0 aromatic rings. The minimum Gasteiger partial charge on any atom is -0.389 e. The molecular formula is C90H151BrN18O17P6. The van der Waals surface area contributed by atoms with Crippen LogP contribution in [0, 0.1) is 0 Å². The molecule has 0 radical (unpaired) electrons. The van der Waals surface area contributed by atoms with Crippen LogP contribution < -0.4 is 34.4 Å². The lowest BCUT2D eigenvalue weighted by Crippen LogP contribution is -2.51. The Hall–Kier alpha value is -5.90. The summed E-state index contributed by atoms with van der Waals surface area (Å²) >= 11 is 3.53. The third-order valence-corrected chi connectivity index (χ3v) is 34.4. The third-order valence-electron chi connectivity index (χ3n) is 24.7. The molecule has 8 saturated heterocycles. The number of aliphatic hydroxyl groups excluding tert-OH is 7. The van der Waals surface area contributed by atoms with Crippen LogP contribution in [-0.2, 0) is 37.9 Å². The number of aliphatic imine (C=N–C) groups is 6. The van der Waals surface area contributed by atoms with Gasteiger partial charge in [-0.05, 0) is 214 Å². The molecule has 14 heterocycles. The number of hydrogen-bond acceptors (Lipinski definition) is 35. The maximum atomic E-state index is 10.7. The number of hydrogen-bond donors (Lipinski definition) is 15. The van der Waals surface area contributed by atoms with E-state index in [4.69, 9.17) is 72.3 Å². The van der Waals surface area contributed by atoms with E-state index >= 15 is 0 Å². The fourth-order valence-corrected chi connectivity index (χ4v) is 23.1. The summed E-state index contributed by atoms with van der Waals surface area (Å²) in [6.07, 6.45) is 42.5. The summed E-state index contributed by atoms with van der Waals surface area (Å²) in [5.74, 6) is 4.97. The molecule has 0 unspecified atom stereocenters. The van der Waals surface area contributed by atoms with Crippen molar-refractivity contribution < 1.29 is 83.9 Å². The highest BCUT2D eigenvalue weighted by atomic mass is 79.9. The lowest BCUT2D eigenvalue weighted by Gasteiger charge is -2.37. The minimum absolute atomic E-state index is 0.204. The second kappa shape index (κ2) is 42.4. The van der Waals surface area contributed by atoms with Gasteiger partial charge in [0.1, 0.15) is 141 Å². The van der Waals surface area contributed by atoms with E-state index in [2.05, 4.69) is 203 Å². The van der Waals surface area contributed by atoms with E-state index in [1.807, 2.05) is 24.9 Å². The number of fused-ring (bicyclic) bond motifs is 4. The molecule has 8 fully saturated rings. The number of nitrogens with zero attached hydrogens (tertiary/aromatic N) is 12. The summed E-state index contributed by atoms with van der Waals surface area (Å²) in [7, 11) is 0. The van der Waals surface area contributed by atoms with E-state index < -0.39 is 168 Å². The highest BCUT2D eigenvalue weighted by molar-refractivity contribution is 9.09. The van der Waals surface area contributed by atoms with Crippen molar-refractivity contribution in [1.82, 2.24) is 29.4 Å². The predicted octanol–water partition coefficient (Wildman–Crippen LogP) is 4.92. The predicted molar refractivity (Wildman–Crippen MR) is 557 cm³/mol. The van der Waals surface area contributed by atoms with Gasteiger partial charge in [-0.3, -0.25) is 0 Å². The summed E-state index contributed by atoms with van der Waals surface area (Å²) in [6, 6.07) is 0. The maximum absolute atomic E-state index is 10.7. The zero-order chi connectivity index (χ0) is 99.0. The Balaban J connectivity index is 0.000000178. The summed E-state index contributed by atoms with van der Waals surface area (Å²) in [5.41, 5.74) is 29.9. The van der Waals surface area contributed by atoms with Crippen LogP contribution in [0.1, 0.15) is 66.2 Å². The van der Waals surface area contributed by atoms with Crippen molar-refractivity contribution in [3.63, 3.8) is 0 Å². The largest absolute Gasteiger partial charge is 0.389 e. The molecule has 132 heavy (non-hydrogen) atoms. The van der Waals surface area contributed by atoms with E-state index in [-0.39, 0.29) is 17.2 Å². The zero-order valence-corrected chi connectivity index (χ0v) is 86.8. The van der Waals surface area contributed by atoms with Crippen LogP contribution in [0.3, 0.4) is 0 Å². The Morgan fingerprint density at radius 3 is 1.03 bits per heavy atom. The van der Waals surface area contributed by atoms with Crippen molar-refractivity contribution in [2.75, 3.05) is 130 Å². The lowest BCUT2D eigenvalue weighted by atomic mass is 9.94. The molecule has 21 N–H and O–H groups in total. The Labute approximate surface area is 790 Å². The first kappa shape index (κ1) is 110. The van der Waals surface area contributed by atoms with Gasteiger partial charge in [-0.2, -0.15) is 0 Å². The average molecular weight is 2020 g/mol. The van der Waals surface area contributed by atoms with Crippen LogP contribution in [0.15, 0.2) is 178 Å². The Morgan fingerprint density at radius 2 is 0.689 bits per heavy atom. The van der Waals surface area contributed by atoms with Crippen molar-refractivity contribution in [2.45, 2.75) is 210 Å². The molecule has 35 nitrogen and oxygen atoms in total. The van der Waals surface area contributed by atoms with Crippen LogP contribution in [0.5, 0.6) is 0 Å². The molecule has 4 bridgehead atoms. The molecule has 0 aromatic heterocycles. The molecule has 42 heteroatoms. The standard InChI is InChI=1S/C16H26N3O3P.C15H24N3O3P.3C15H26N3O3P.C14H23BrN3O2P/c1-10-8-19(11(2)18-14(10)17)15-12-13(20)16(22-15,9-21-12)6-7-23(3,4)5;1-10-17-11(16)5-7-18(10)14-12-13(19)15(21-14,9-20-12)6-8-22(2,3)4;2*1-10-17-12(16)6-8-18(10)14-15(2,20)13(19)11(21-14)7-9-22(3,4)5;1-10-17-11(16)6-8-18(10)14-12(19)13(20)15(2,21-14)7-9-22(3,4)5;1-9-17-11(16)5-7-18(9)14-12(15)13(19)10(20-14)6-8-21(2,3)4/h8,12-13,15,20H,2-3,6-7,9H2,1,4-5H3,(H2,17,18);5,7,12-14,19H,1-2,6,8-9H2,3-4H3,(H2,16,17);2*6,8,11,13-14,19-20H,1,3,7,9H2,2,4-5H3,(H2,16,17);6,8,12-14,19-20H,1,3,7,9H2,2,4-5H3,(H2,16,17);5,7,10,12-14,19H,1-2,6,8H2,3-4H3,(H2,16,17)/t12-,13+,15-,16+;12-,13+,14-,15+;11-,13-,14-,15+;11-,13-,14-,15-;12-,13+,14-,15-;10-,12-,13-,14-/m111111/s1. The SMILES string of the molecule is C=C1N=C(N)C(C)=CN1[C@@H]1O[C@@]2(CCP(=C)(C)C)CO[C@@H]1[C@@H]2O.C=C1N=C(N)C=CN1[C@@H]1O[C@@]2(CCP(=C)(C)C)CO[C@@H]1[C@@H]2O.C=C1N=C(N)C=CN1[C@@H]1O[C@H](CCP(=C)(C)C)[C@@H](O)[C@@]1(C)O.C=C1N=C(N)C=CN1[C@@H]1O[C@H](CCP(=C)(C)C)[C@@H](O)[C@H]1Br.C=C1N=C(N)C=CN1[C@@H]1O[C@H](CCP(=C)(C)C)[C@@H](O)[C@]1(C)O.C=C1N=C(N)C=CN1[C@@H]1O[C@](C)(CCP(=C)(C)C)[C@@H](O)[C@H]1O. The average Bonchev–Trinajstić information content (AvgIpc) is 1.58. The van der Waals surface area contributed by atoms with E-state index in [1.54, 1.807) is 99.7 Å². The van der Waals surface area contributed by atoms with Gasteiger partial charge in [0.05, 0.1) is 48.1 Å². The quantitative estimate of drug-likeness (QED) is 0.0450. The van der Waals surface area contributed by atoms with E-state index in [0.29, 0.717) is 102 Å². The Kier molecular flexibility index (Phi) is 35.3. The van der Waals surface area contributed by atoms with Crippen molar-refractivity contribution >= 4 is 130 Å². The molecule has 0 amide bonds. The summed E-state index contributed by atoms with van der Waals surface area (Å²) in [6.45, 7) is 49.6. The maximum Gasteiger partial charge on any atom is 0.166 e. The van der Waals surface area contributed by atoms with Gasteiger partial charge in [0, 0.05) is 42.8 Å². The van der Waals surface area contributed by atoms with Gasteiger partial charge in [0.25, 0.3) is 0 Å². The second-order valence-electron chi connectivity index (χ2n) is 40.8. The van der Waals surface area contributed by atoms with Crippen LogP contribution in [0.25, 0.3) is 0 Å². The molecule has 14 aliphatic heterocycles. The number of amidine groups is 6. The lowest BCUT2D eigenvalue weighted by molar-refractivity contribution is -0.181. The molecular weight excluding hydrogens is 1870 g/mol. The van der Waals surface area contributed by atoms with Gasteiger partial charge >= 0.3 is 0 Å². The van der Waals surface area contributed by atoms with Crippen molar-refractivity contribution in [2.24, 2.45) is 64.4 Å². The number of rotatable bonds is 24. The highest BCUT2D eigenvalue weighted by Gasteiger charge is 2.65. The number of ether oxygens (including phenoxy) is 8. The van der Waals surface area contributed by atoms with Gasteiger partial charge in [0.15, 0.2) is 37.4 Å². The molecule has 0 aliphatic carbocycles. The molecule has 0 spiro atoms. The summed E-state index contributed by atoms with van der Waals surface area (Å²) in [5, 5.41) is 94.7. The molecule has 740 valence electrons. The minimum atomic E-state index is -1.43. The summed E-state index contributed by atoms with van der Waals surface area (Å²) in [4.78, 5) is 34.7. The van der Waals surface area contributed by atoms with Gasteiger partial charge in [0.2, 0.25) is 0 Å². The van der Waals surface area contributed by atoms with Gasteiger partial charge in [-0.25, -0.2) is 30.0 Å². The number of nitrogens with two attached hydrogens (primary N) is 6. The topological polar surface area (TPSA) is 506 Å². The van der Waals surface area contributed by atoms with Gasteiger partial charge in [-0.1, -0.05) is 55.4 Å². The first-order valence-electron chi connectivity index (χ1n) is 43.7. The smallest absolute Gasteiger partial charge is 0.166 e. The molecule has 0 saturated carbocycles. The molecule has 24 atom stereocenters. The van der Waals surface area contributed by atoms with Crippen molar-refractivity contribution in [1.29, 1.82) is 0 Å². The van der Waals surface area contributed by atoms with Crippen LogP contribution in [-0.4, -0.2) is 422 Å². The molecule has 14 rings (SSSR count). The zero-order valence-electron chi connectivity index (χ0n) is 79.9. The van der Waals surface area contributed by atoms with Gasteiger partial charge < -0.3 is 148 Å². The van der Waals surface area contributed by atoms with E-state index in [9.17, 15) is 46.0 Å². The van der Waals surface area contributed by atoms with Crippen molar-refractivity contribution in [3.05, 3.63) is 148 Å². The highest BCUT2D eigenvalue weighted by Crippen LogP contribution is 2.52. The van der Waals surface area contributed by atoms with Crippen molar-refractivity contribution in [3.8, 4) is 0 Å². The monoisotopic (exact) mass is 2020 g/mol. The third kappa shape index (κ3) is 27.2. The molecule has 0 aromatic carbocycles. The Morgan fingerprint density at radius 1 is 0.386 bits per heavy atom. The van der Waals surface area contributed by atoms with E-state index in [0.717, 1.165) is 61.8 Å². The normalized spacial score (nSPS) is 36.0. The summed E-state index contributed by atoms with van der Waals surface area (Å²) < 4.78 is 48.0. The fourth-order valence-electron chi connectivity index (χ4n) is 16.5. The van der Waals surface area contributed by atoms with Crippen LogP contribution >= 0.6 is 57.2 Å². The van der Waals surface area contributed by atoms with Crippen LogP contribution in [0.4, 0.5) is 0 Å². The number of halogens is 1. The fraction of sp³-hybridized carbons (Fsp3) is 0.600. The molecule has 14 aliphatic rings. The van der Waals surface area contributed by atoms with Crippen LogP contribution in [0.2, 0.25) is 0 Å². The number of alkyl halides is 1. The second-order valence-corrected chi connectivity index (χ2v) is 67.8. The van der Waals surface area contributed by atoms with E-state index in [1.165, 1.54) is 0 Å². The Bertz CT molecular complexity index is 4890. The van der Waals surface area contributed by atoms with Gasteiger partial charge in [-0.15, -0.1) is 79.1 Å². The first-order valence-corrected chi connectivity index (χ1v) is 63.0. The first-order chi connectivity index (χ1) is 60.6.